The Morgan fingerprint density at radius 1 is 1.16 bits per heavy atom. The van der Waals surface area contributed by atoms with Gasteiger partial charge in [-0.1, -0.05) is 12.1 Å². The summed E-state index contributed by atoms with van der Waals surface area (Å²) in [6, 6.07) is 13.1. The highest BCUT2D eigenvalue weighted by Crippen LogP contribution is 2.35. The molecule has 0 unspecified atom stereocenters. The van der Waals surface area contributed by atoms with Crippen molar-refractivity contribution in [3.8, 4) is 17.2 Å². The Bertz CT molecular complexity index is 1190. The molecule has 3 aromatic rings. The second kappa shape index (κ2) is 9.46. The summed E-state index contributed by atoms with van der Waals surface area (Å²) in [5.41, 5.74) is 1.93. The number of hydrogen-bond acceptors (Lipinski definition) is 6. The molecule has 0 bridgehead atoms. The summed E-state index contributed by atoms with van der Waals surface area (Å²) in [4.78, 5) is 19.8. The summed E-state index contributed by atoms with van der Waals surface area (Å²) in [6.07, 6.45) is 0. The van der Waals surface area contributed by atoms with Gasteiger partial charge in [-0.2, -0.15) is 0 Å². The Morgan fingerprint density at radius 3 is 2.66 bits per heavy atom. The van der Waals surface area contributed by atoms with Gasteiger partial charge in [-0.3, -0.25) is 4.79 Å². The third-order valence-electron chi connectivity index (χ3n) is 5.23. The predicted molar refractivity (Wildman–Crippen MR) is 129 cm³/mol. The molecule has 1 aliphatic heterocycles. The van der Waals surface area contributed by atoms with E-state index in [4.69, 9.17) is 26.4 Å². The molecule has 32 heavy (non-hydrogen) atoms. The lowest BCUT2D eigenvalue weighted by Gasteiger charge is -2.27. The summed E-state index contributed by atoms with van der Waals surface area (Å²) >= 11 is 5.71. The molecular formula is C23H26N4O4S. The maximum Gasteiger partial charge on any atom is 0.253 e. The molecule has 168 valence electrons. The molecule has 0 atom stereocenters. The minimum Gasteiger partial charge on any atom is -0.495 e. The fourth-order valence-corrected chi connectivity index (χ4v) is 3.75. The number of para-hydroxylation sites is 2. The van der Waals surface area contributed by atoms with E-state index < -0.39 is 0 Å². The van der Waals surface area contributed by atoms with Crippen LogP contribution >= 0.6 is 12.2 Å². The fourth-order valence-electron chi connectivity index (χ4n) is 3.48. The highest BCUT2D eigenvalue weighted by Gasteiger charge is 2.18. The van der Waals surface area contributed by atoms with E-state index in [0.717, 1.165) is 17.6 Å². The van der Waals surface area contributed by atoms with E-state index in [1.54, 1.807) is 13.2 Å². The summed E-state index contributed by atoms with van der Waals surface area (Å²) in [5.74, 6) is 2.01. The number of nitrogens with one attached hydrogen (secondary N) is 2. The fraction of sp³-hybridized carbons (Fsp3) is 0.304. The van der Waals surface area contributed by atoms with E-state index >= 15 is 0 Å². The summed E-state index contributed by atoms with van der Waals surface area (Å²) in [6.45, 7) is 1.96. The van der Waals surface area contributed by atoms with Crippen molar-refractivity contribution in [3.63, 3.8) is 0 Å². The molecule has 0 aliphatic carbocycles. The Hall–Kier alpha value is -3.30. The van der Waals surface area contributed by atoms with Crippen LogP contribution in [-0.4, -0.2) is 61.0 Å². The van der Waals surface area contributed by atoms with Gasteiger partial charge >= 0.3 is 0 Å². The van der Waals surface area contributed by atoms with Crippen molar-refractivity contribution in [2.75, 3.05) is 46.4 Å². The number of H-pyrrole nitrogens is 1. The molecule has 1 aromatic heterocycles. The molecule has 2 aromatic carbocycles. The first-order valence-corrected chi connectivity index (χ1v) is 10.6. The maximum atomic E-state index is 12.8. The van der Waals surface area contributed by atoms with Crippen LogP contribution in [0.4, 0.5) is 5.69 Å². The highest BCUT2D eigenvalue weighted by molar-refractivity contribution is 7.80. The number of nitrogens with zero attached hydrogens (tertiary/aromatic N) is 2. The van der Waals surface area contributed by atoms with Gasteiger partial charge in [-0.15, -0.1) is 0 Å². The van der Waals surface area contributed by atoms with E-state index in [-0.39, 0.29) is 12.4 Å². The molecule has 8 nitrogen and oxygen atoms in total. The average Bonchev–Trinajstić information content (AvgIpc) is 3.22. The highest BCUT2D eigenvalue weighted by atomic mass is 32.1. The van der Waals surface area contributed by atoms with Crippen LogP contribution in [0.5, 0.6) is 17.2 Å². The van der Waals surface area contributed by atoms with Crippen molar-refractivity contribution in [1.82, 2.24) is 14.8 Å². The van der Waals surface area contributed by atoms with Crippen LogP contribution in [0.2, 0.25) is 0 Å². The van der Waals surface area contributed by atoms with E-state index in [1.165, 1.54) is 0 Å². The molecule has 4 rings (SSSR count). The zero-order valence-corrected chi connectivity index (χ0v) is 19.1. The lowest BCUT2D eigenvalue weighted by molar-refractivity contribution is 0.174. The lowest BCUT2D eigenvalue weighted by Crippen LogP contribution is -2.40. The second-order valence-electron chi connectivity index (χ2n) is 7.77. The van der Waals surface area contributed by atoms with E-state index in [1.807, 2.05) is 55.4 Å². The van der Waals surface area contributed by atoms with Crippen LogP contribution in [0.1, 0.15) is 5.56 Å². The topological polar surface area (TPSA) is 79.1 Å². The monoisotopic (exact) mass is 454 g/mol. The summed E-state index contributed by atoms with van der Waals surface area (Å²) in [7, 11) is 5.62. The summed E-state index contributed by atoms with van der Waals surface area (Å²) < 4.78 is 16.3. The van der Waals surface area contributed by atoms with Crippen molar-refractivity contribution in [2.45, 2.75) is 6.54 Å². The molecule has 0 amide bonds. The molecule has 9 heteroatoms. The van der Waals surface area contributed by atoms with Crippen LogP contribution in [0.15, 0.2) is 47.3 Å². The van der Waals surface area contributed by atoms with Gasteiger partial charge in [0.25, 0.3) is 5.56 Å². The Balaban J connectivity index is 1.61. The normalized spacial score (nSPS) is 12.2. The number of thiocarbonyl (C=S) groups is 1. The smallest absolute Gasteiger partial charge is 0.253 e. The first-order chi connectivity index (χ1) is 15.4. The number of aromatic nitrogens is 1. The number of pyridine rings is 1. The van der Waals surface area contributed by atoms with Gasteiger partial charge in [0.05, 0.1) is 24.9 Å². The van der Waals surface area contributed by atoms with Crippen molar-refractivity contribution < 1.29 is 14.2 Å². The molecule has 1 aliphatic rings. The van der Waals surface area contributed by atoms with Gasteiger partial charge in [-0.25, -0.2) is 0 Å². The van der Waals surface area contributed by atoms with Gasteiger partial charge < -0.3 is 34.3 Å². The summed E-state index contributed by atoms with van der Waals surface area (Å²) in [5, 5.41) is 4.65. The minimum absolute atomic E-state index is 0.161. The third kappa shape index (κ3) is 4.79. The Labute approximate surface area is 191 Å². The number of likely N-dealkylation sites (N-methyl/N-ethyl adjacent to an activating group) is 1. The average molecular weight is 455 g/mol. The number of anilines is 1. The minimum atomic E-state index is -0.161. The molecule has 0 radical (unpaired) electrons. The predicted octanol–water partition coefficient (Wildman–Crippen LogP) is 3.03. The number of ether oxygens (including phenoxy) is 3. The zero-order valence-electron chi connectivity index (χ0n) is 18.3. The number of fused-ring (bicyclic) bond motifs is 2. The first-order valence-electron chi connectivity index (χ1n) is 10.2. The van der Waals surface area contributed by atoms with E-state index in [9.17, 15) is 4.79 Å². The molecular weight excluding hydrogens is 428 g/mol. The van der Waals surface area contributed by atoms with Crippen molar-refractivity contribution in [2.24, 2.45) is 0 Å². The third-order valence-corrected chi connectivity index (χ3v) is 5.59. The van der Waals surface area contributed by atoms with Crippen molar-refractivity contribution >= 4 is 33.9 Å². The quantitative estimate of drug-likeness (QED) is 0.528. The van der Waals surface area contributed by atoms with Gasteiger partial charge in [0.15, 0.2) is 16.6 Å². The largest absolute Gasteiger partial charge is 0.495 e. The second-order valence-corrected chi connectivity index (χ2v) is 8.16. The molecule has 0 fully saturated rings. The molecule has 2 N–H and O–H groups in total. The first kappa shape index (κ1) is 21.9. The van der Waals surface area contributed by atoms with Crippen LogP contribution in [0.3, 0.4) is 0 Å². The van der Waals surface area contributed by atoms with Gasteiger partial charge in [0.2, 0.25) is 6.79 Å². The molecule has 0 saturated heterocycles. The van der Waals surface area contributed by atoms with Gasteiger partial charge in [0.1, 0.15) is 5.75 Å². The maximum absolute atomic E-state index is 12.8. The number of rotatable bonds is 7. The molecule has 0 spiro atoms. The van der Waals surface area contributed by atoms with Crippen LogP contribution < -0.4 is 25.1 Å². The van der Waals surface area contributed by atoms with Crippen molar-refractivity contribution in [1.29, 1.82) is 0 Å². The zero-order chi connectivity index (χ0) is 22.7. The van der Waals surface area contributed by atoms with E-state index in [0.29, 0.717) is 46.5 Å². The van der Waals surface area contributed by atoms with Crippen LogP contribution in [0.25, 0.3) is 10.9 Å². The molecule has 0 saturated carbocycles. The van der Waals surface area contributed by atoms with Crippen LogP contribution in [0, 0.1) is 0 Å². The van der Waals surface area contributed by atoms with Crippen molar-refractivity contribution in [3.05, 3.63) is 58.4 Å². The number of aromatic amines is 1. The Kier molecular flexibility index (Phi) is 6.48. The SMILES string of the molecule is COc1ccccc1NC(=S)N(CCN(C)C)Cc1cc2cc3c(cc2[nH]c1=O)OCO3. The number of benzene rings is 2. The lowest BCUT2D eigenvalue weighted by atomic mass is 10.1. The van der Waals surface area contributed by atoms with E-state index in [2.05, 4.69) is 15.2 Å². The standard InChI is InChI=1S/C23H26N4O4S/c1-26(2)8-9-27(23(32)25-17-6-4-5-7-19(17)29-3)13-16-10-15-11-20-21(31-14-30-20)12-18(15)24-22(16)28/h4-7,10-12H,8-9,13-14H2,1-3H3,(H,24,28)(H,25,32). The number of methoxy groups -OCH3 is 1. The molecule has 2 heterocycles. The van der Waals surface area contributed by atoms with Crippen LogP contribution in [-0.2, 0) is 6.54 Å². The number of hydrogen-bond donors (Lipinski definition) is 2. The van der Waals surface area contributed by atoms with Gasteiger partial charge in [0, 0.05) is 30.1 Å². The Morgan fingerprint density at radius 2 is 1.91 bits per heavy atom. The van der Waals surface area contributed by atoms with Gasteiger partial charge in [-0.05, 0) is 50.6 Å².